The maximum Gasteiger partial charge on any atom is 0.227 e. The topological polar surface area (TPSA) is 67.4 Å². The predicted molar refractivity (Wildman–Crippen MR) is 123 cm³/mol. The molecule has 2 aromatic carbocycles. The zero-order valence-electron chi connectivity index (χ0n) is 18.5. The molecule has 4 rings (SSSR count). The fourth-order valence-electron chi connectivity index (χ4n) is 4.55. The van der Waals surface area contributed by atoms with E-state index in [-0.39, 0.29) is 23.1 Å². The Morgan fingerprint density at radius 1 is 1.13 bits per heavy atom. The lowest BCUT2D eigenvalue weighted by Crippen LogP contribution is -2.43. The molecule has 5 heteroatoms. The molecule has 0 aromatic heterocycles. The van der Waals surface area contributed by atoms with Crippen molar-refractivity contribution in [3.8, 4) is 5.75 Å². The number of fused-ring (bicyclic) bond motifs is 1. The van der Waals surface area contributed by atoms with Crippen LogP contribution in [0.1, 0.15) is 61.0 Å². The summed E-state index contributed by atoms with van der Waals surface area (Å²) in [6.07, 6.45) is 6.62. The quantitative estimate of drug-likeness (QED) is 0.531. The van der Waals surface area contributed by atoms with Crippen molar-refractivity contribution in [2.45, 2.75) is 51.5 Å². The number of rotatable bonds is 5. The minimum atomic E-state index is -0.162. The second-order valence-corrected chi connectivity index (χ2v) is 9.18. The Hall–Kier alpha value is -3.08. The van der Waals surface area contributed by atoms with Gasteiger partial charge in [0.05, 0.1) is 7.11 Å². The van der Waals surface area contributed by atoms with E-state index in [0.717, 1.165) is 49.1 Å². The molecule has 2 N–H and O–H groups in total. The molecule has 2 aliphatic rings. The first-order chi connectivity index (χ1) is 14.8. The summed E-state index contributed by atoms with van der Waals surface area (Å²) in [4.78, 5) is 25.6. The Morgan fingerprint density at radius 2 is 1.90 bits per heavy atom. The molecule has 0 spiro atoms. The number of anilines is 1. The highest BCUT2D eigenvalue weighted by Gasteiger charge is 2.28. The van der Waals surface area contributed by atoms with E-state index in [1.807, 2.05) is 24.3 Å². The first kappa shape index (κ1) is 21.2. The van der Waals surface area contributed by atoms with Gasteiger partial charge in [-0.2, -0.15) is 0 Å². The normalized spacial score (nSPS) is 18.9. The van der Waals surface area contributed by atoms with Crippen LogP contribution in [0.25, 0.3) is 5.70 Å². The van der Waals surface area contributed by atoms with Crippen LogP contribution in [0.2, 0.25) is 0 Å². The van der Waals surface area contributed by atoms with Gasteiger partial charge in [0, 0.05) is 40.0 Å². The van der Waals surface area contributed by atoms with Crippen LogP contribution < -0.4 is 15.4 Å². The van der Waals surface area contributed by atoms with Gasteiger partial charge in [-0.15, -0.1) is 0 Å². The van der Waals surface area contributed by atoms with Crippen molar-refractivity contribution in [3.63, 3.8) is 0 Å². The molecule has 0 radical (unpaired) electrons. The van der Waals surface area contributed by atoms with Crippen molar-refractivity contribution in [2.75, 3.05) is 12.4 Å². The Labute approximate surface area is 183 Å². The number of benzene rings is 2. The maximum absolute atomic E-state index is 13.1. The highest BCUT2D eigenvalue weighted by Crippen LogP contribution is 2.32. The molecule has 5 nitrogen and oxygen atoms in total. The minimum Gasteiger partial charge on any atom is -0.497 e. The Kier molecular flexibility index (Phi) is 5.86. The molecular formula is C26H30N2O3. The number of allylic oxidation sites excluding steroid dienone is 1. The van der Waals surface area contributed by atoms with Crippen LogP contribution in [0.15, 0.2) is 48.5 Å². The van der Waals surface area contributed by atoms with Gasteiger partial charge >= 0.3 is 0 Å². The van der Waals surface area contributed by atoms with Gasteiger partial charge in [0.1, 0.15) is 5.75 Å². The van der Waals surface area contributed by atoms with Crippen LogP contribution in [0.5, 0.6) is 5.75 Å². The zero-order chi connectivity index (χ0) is 22.0. The highest BCUT2D eigenvalue weighted by molar-refractivity contribution is 6.09. The van der Waals surface area contributed by atoms with Gasteiger partial charge < -0.3 is 15.4 Å². The standard InChI is InChI=1S/C26H30N2O3/c1-26(2)16-19-11-12-21(31-3)14-22(19)23(28-26)15-24(29)18-9-6-10-20(13-18)27-25(30)17-7-4-5-8-17/h6,9-15,17,28H,4-5,7-8,16H2,1-3H3,(H,27,30). The van der Waals surface area contributed by atoms with Crippen LogP contribution in [0.3, 0.4) is 0 Å². The number of nitrogens with one attached hydrogen (secondary N) is 2. The molecule has 162 valence electrons. The fraction of sp³-hybridized carbons (Fsp3) is 0.385. The number of ether oxygens (including phenoxy) is 1. The lowest BCUT2D eigenvalue weighted by atomic mass is 9.85. The monoisotopic (exact) mass is 418 g/mol. The molecule has 0 bridgehead atoms. The van der Waals surface area contributed by atoms with E-state index in [1.54, 1.807) is 25.3 Å². The Morgan fingerprint density at radius 3 is 2.65 bits per heavy atom. The van der Waals surface area contributed by atoms with Crippen molar-refractivity contribution < 1.29 is 14.3 Å². The third kappa shape index (κ3) is 4.82. The highest BCUT2D eigenvalue weighted by atomic mass is 16.5. The third-order valence-corrected chi connectivity index (χ3v) is 6.13. The lowest BCUT2D eigenvalue weighted by molar-refractivity contribution is -0.119. The maximum atomic E-state index is 13.1. The second-order valence-electron chi connectivity index (χ2n) is 9.18. The Bertz CT molecular complexity index is 1030. The van der Waals surface area contributed by atoms with Crippen LogP contribution in [-0.4, -0.2) is 24.3 Å². The average molecular weight is 419 g/mol. The molecule has 1 aliphatic carbocycles. The van der Waals surface area contributed by atoms with E-state index in [0.29, 0.717) is 11.3 Å². The van der Waals surface area contributed by atoms with Crippen molar-refractivity contribution >= 4 is 23.1 Å². The van der Waals surface area contributed by atoms with Crippen LogP contribution in [-0.2, 0) is 11.2 Å². The summed E-state index contributed by atoms with van der Waals surface area (Å²) in [5, 5.41) is 6.48. The fourth-order valence-corrected chi connectivity index (χ4v) is 4.55. The summed E-state index contributed by atoms with van der Waals surface area (Å²) >= 11 is 0. The summed E-state index contributed by atoms with van der Waals surface area (Å²) in [7, 11) is 1.64. The molecule has 1 saturated carbocycles. The number of methoxy groups -OCH3 is 1. The van der Waals surface area contributed by atoms with Gasteiger partial charge in [0.2, 0.25) is 5.91 Å². The largest absolute Gasteiger partial charge is 0.497 e. The molecule has 1 fully saturated rings. The number of carbonyl (C=O) groups excluding carboxylic acids is 2. The summed E-state index contributed by atoms with van der Waals surface area (Å²) in [6.45, 7) is 4.25. The van der Waals surface area contributed by atoms with E-state index >= 15 is 0 Å². The number of ketones is 1. The zero-order valence-corrected chi connectivity index (χ0v) is 18.5. The molecule has 0 unspecified atom stereocenters. The van der Waals surface area contributed by atoms with Gasteiger partial charge in [-0.25, -0.2) is 0 Å². The average Bonchev–Trinajstić information content (AvgIpc) is 3.28. The van der Waals surface area contributed by atoms with Crippen LogP contribution in [0.4, 0.5) is 5.69 Å². The smallest absolute Gasteiger partial charge is 0.227 e. The van der Waals surface area contributed by atoms with E-state index in [4.69, 9.17) is 4.74 Å². The summed E-state index contributed by atoms with van der Waals surface area (Å²) in [5.41, 5.74) is 4.01. The lowest BCUT2D eigenvalue weighted by Gasteiger charge is -2.35. The second kappa shape index (κ2) is 8.58. The van der Waals surface area contributed by atoms with Gasteiger partial charge in [-0.3, -0.25) is 9.59 Å². The van der Waals surface area contributed by atoms with E-state index in [1.165, 1.54) is 5.56 Å². The van der Waals surface area contributed by atoms with Gasteiger partial charge in [0.15, 0.2) is 5.78 Å². The first-order valence-corrected chi connectivity index (χ1v) is 11.0. The van der Waals surface area contributed by atoms with E-state index < -0.39 is 0 Å². The number of hydrogen-bond donors (Lipinski definition) is 2. The van der Waals surface area contributed by atoms with Gasteiger partial charge in [0.25, 0.3) is 0 Å². The van der Waals surface area contributed by atoms with Crippen LogP contribution in [0, 0.1) is 5.92 Å². The molecular weight excluding hydrogens is 388 g/mol. The summed E-state index contributed by atoms with van der Waals surface area (Å²) in [5.74, 6) is 0.792. The van der Waals surface area contributed by atoms with Crippen LogP contribution >= 0.6 is 0 Å². The first-order valence-electron chi connectivity index (χ1n) is 11.0. The van der Waals surface area contributed by atoms with E-state index in [2.05, 4.69) is 30.5 Å². The number of carbonyl (C=O) groups is 2. The predicted octanol–water partition coefficient (Wildman–Crippen LogP) is 4.97. The summed E-state index contributed by atoms with van der Waals surface area (Å²) in [6, 6.07) is 13.2. The van der Waals surface area contributed by atoms with Crippen molar-refractivity contribution in [3.05, 3.63) is 65.2 Å². The molecule has 1 amide bonds. The van der Waals surface area contributed by atoms with Crippen molar-refractivity contribution in [1.82, 2.24) is 5.32 Å². The number of amides is 1. The van der Waals surface area contributed by atoms with Crippen molar-refractivity contribution in [2.24, 2.45) is 5.92 Å². The molecule has 0 atom stereocenters. The van der Waals surface area contributed by atoms with Gasteiger partial charge in [-0.05, 0) is 62.9 Å². The minimum absolute atomic E-state index is 0.0529. The summed E-state index contributed by atoms with van der Waals surface area (Å²) < 4.78 is 5.38. The van der Waals surface area contributed by atoms with Crippen molar-refractivity contribution in [1.29, 1.82) is 0 Å². The SMILES string of the molecule is COc1ccc2c(c1)C(=CC(=O)c1cccc(NC(=O)C3CCCC3)c1)NC(C)(C)C2. The molecule has 31 heavy (non-hydrogen) atoms. The Balaban J connectivity index is 1.59. The van der Waals surface area contributed by atoms with Gasteiger partial charge in [-0.1, -0.05) is 31.0 Å². The molecule has 1 aliphatic heterocycles. The van der Waals surface area contributed by atoms with E-state index in [9.17, 15) is 9.59 Å². The number of hydrogen-bond acceptors (Lipinski definition) is 4. The molecule has 2 aromatic rings. The third-order valence-electron chi connectivity index (χ3n) is 6.13. The molecule has 1 heterocycles. The molecule has 0 saturated heterocycles.